The number of hydrogen-bond acceptors (Lipinski definition) is 4. The van der Waals surface area contributed by atoms with Gasteiger partial charge in [0.05, 0.1) is 0 Å². The summed E-state index contributed by atoms with van der Waals surface area (Å²) in [6.07, 6.45) is -0.606. The molecule has 0 unspecified atom stereocenters. The van der Waals surface area contributed by atoms with Crippen LogP contribution in [-0.4, -0.2) is 24.4 Å². The number of pyridine rings is 1. The predicted octanol–water partition coefficient (Wildman–Crippen LogP) is 3.89. The Morgan fingerprint density at radius 1 is 1.06 bits per heavy atom. The molecule has 0 saturated carbocycles. The van der Waals surface area contributed by atoms with Crippen LogP contribution < -0.4 is 9.63 Å². The maximum absolute atomic E-state index is 14.5. The molecule has 1 aliphatic rings. The third-order valence-electron chi connectivity index (χ3n) is 5.47. The topological polar surface area (TPSA) is 76.7 Å². The molecule has 1 aromatic heterocycles. The average molecular weight is 426 g/mol. The summed E-state index contributed by atoms with van der Waals surface area (Å²) in [5.74, 6) is -0.919. The number of aromatic nitrogens is 1. The van der Waals surface area contributed by atoms with Gasteiger partial charge in [-0.25, -0.2) is 13.5 Å². The lowest BCUT2D eigenvalue weighted by Crippen LogP contribution is -2.52. The molecule has 0 spiro atoms. The number of aliphatic hydroxyl groups excluding tert-OH is 1. The van der Waals surface area contributed by atoms with Crippen molar-refractivity contribution in [3.8, 4) is 11.3 Å². The molecule has 1 saturated heterocycles. The van der Waals surface area contributed by atoms with E-state index in [2.05, 4.69) is 0 Å². The highest BCUT2D eigenvalue weighted by Crippen LogP contribution is 2.39. The summed E-state index contributed by atoms with van der Waals surface area (Å²) in [4.78, 5) is 14.1. The highest BCUT2D eigenvalue weighted by atomic mass is 19.1. The summed E-state index contributed by atoms with van der Waals surface area (Å²) in [5, 5.41) is 22.5. The number of aliphatic hydroxyl groups is 1. The molecule has 2 aromatic carbocycles. The number of halogens is 2. The Bertz CT molecular complexity index is 1110. The van der Waals surface area contributed by atoms with Crippen LogP contribution in [0.15, 0.2) is 66.7 Å². The summed E-state index contributed by atoms with van der Waals surface area (Å²) in [6, 6.07) is 16.1. The molecule has 8 heteroatoms. The molecule has 1 amide bonds. The lowest BCUT2D eigenvalue weighted by atomic mass is 9.85. The molecular weight excluding hydrogens is 406 g/mol. The predicted molar refractivity (Wildman–Crippen MR) is 109 cm³/mol. The number of carbonyl (C=O) groups is 1. The molecule has 2 heterocycles. The number of rotatable bonds is 5. The number of nitrogens with zero attached hydrogens (tertiary/aromatic N) is 2. The van der Waals surface area contributed by atoms with Crippen LogP contribution in [0.5, 0.6) is 0 Å². The van der Waals surface area contributed by atoms with Gasteiger partial charge >= 0.3 is 6.09 Å². The van der Waals surface area contributed by atoms with Gasteiger partial charge in [0, 0.05) is 36.6 Å². The van der Waals surface area contributed by atoms with Crippen LogP contribution in [0.4, 0.5) is 19.4 Å². The molecule has 1 N–H and O–H groups in total. The van der Waals surface area contributed by atoms with Crippen molar-refractivity contribution in [2.75, 3.05) is 18.1 Å². The second-order valence-corrected chi connectivity index (χ2v) is 7.29. The van der Waals surface area contributed by atoms with Gasteiger partial charge < -0.3 is 15.1 Å². The van der Waals surface area contributed by atoms with Crippen molar-refractivity contribution < 1.29 is 28.1 Å². The lowest BCUT2D eigenvalue weighted by Gasteiger charge is -2.38. The summed E-state index contributed by atoms with van der Waals surface area (Å²) in [6.45, 7) is -0.217. The van der Waals surface area contributed by atoms with E-state index in [1.54, 1.807) is 18.2 Å². The number of cyclic esters (lactones) is 1. The van der Waals surface area contributed by atoms with Gasteiger partial charge in [-0.15, -0.1) is 0 Å². The number of anilines is 1. The zero-order chi connectivity index (χ0) is 22.0. The van der Waals surface area contributed by atoms with Crippen molar-refractivity contribution in [3.63, 3.8) is 0 Å². The van der Waals surface area contributed by atoms with E-state index in [1.807, 2.05) is 0 Å². The Morgan fingerprint density at radius 2 is 1.81 bits per heavy atom. The quantitative estimate of drug-likeness (QED) is 0.496. The monoisotopic (exact) mass is 426 g/mol. The minimum Gasteiger partial charge on any atom is -0.710 e. The van der Waals surface area contributed by atoms with Crippen LogP contribution in [0.25, 0.3) is 11.3 Å². The second-order valence-electron chi connectivity index (χ2n) is 7.29. The fourth-order valence-electron chi connectivity index (χ4n) is 3.89. The SMILES string of the molecule is O=C1O[C@@](CCO)(c2ccccc2F)CCN1c1cccc(-c2ccc(F)cc2)[n+]1[O-]. The molecule has 0 bridgehead atoms. The van der Waals surface area contributed by atoms with E-state index in [4.69, 9.17) is 4.74 Å². The Hall–Kier alpha value is -3.52. The van der Waals surface area contributed by atoms with E-state index in [9.17, 15) is 23.9 Å². The first-order valence-electron chi connectivity index (χ1n) is 9.80. The molecule has 1 fully saturated rings. The first-order chi connectivity index (χ1) is 14.9. The van der Waals surface area contributed by atoms with E-state index >= 15 is 0 Å². The van der Waals surface area contributed by atoms with Crippen LogP contribution in [0.2, 0.25) is 0 Å². The first-order valence-corrected chi connectivity index (χ1v) is 9.80. The van der Waals surface area contributed by atoms with Crippen LogP contribution in [0.1, 0.15) is 18.4 Å². The second kappa shape index (κ2) is 8.31. The fraction of sp³-hybridized carbons (Fsp3) is 0.217. The Balaban J connectivity index is 1.66. The number of carbonyl (C=O) groups excluding carboxylic acids is 1. The van der Waals surface area contributed by atoms with Crippen molar-refractivity contribution in [2.45, 2.75) is 18.4 Å². The molecule has 1 aliphatic heterocycles. The minimum atomic E-state index is -1.32. The van der Waals surface area contributed by atoms with Gasteiger partial charge in [-0.2, -0.15) is 9.69 Å². The maximum atomic E-state index is 14.5. The zero-order valence-electron chi connectivity index (χ0n) is 16.5. The Labute approximate surface area is 177 Å². The molecule has 160 valence electrons. The summed E-state index contributed by atoms with van der Waals surface area (Å²) in [7, 11) is 0. The first kappa shape index (κ1) is 20.7. The van der Waals surface area contributed by atoms with Crippen molar-refractivity contribution in [1.29, 1.82) is 0 Å². The summed E-state index contributed by atoms with van der Waals surface area (Å²) in [5.41, 5.74) is -0.404. The van der Waals surface area contributed by atoms with Crippen molar-refractivity contribution >= 4 is 11.9 Å². The van der Waals surface area contributed by atoms with Crippen LogP contribution in [-0.2, 0) is 10.3 Å². The van der Waals surface area contributed by atoms with Crippen LogP contribution >= 0.6 is 0 Å². The standard InChI is InChI=1S/C23H20F2N2O4/c24-17-10-8-16(9-11-17)20-6-3-7-21(27(20)30)26-14-12-23(13-15-28,31-22(26)29)18-4-1-2-5-19(18)25/h1-11,28H,12-15H2/t23-/m0/s1. The van der Waals surface area contributed by atoms with Gasteiger partial charge in [0.2, 0.25) is 0 Å². The van der Waals surface area contributed by atoms with E-state index in [0.29, 0.717) is 10.3 Å². The van der Waals surface area contributed by atoms with Crippen molar-refractivity contribution in [3.05, 3.63) is 89.1 Å². The van der Waals surface area contributed by atoms with E-state index < -0.39 is 23.3 Å². The number of amides is 1. The third-order valence-corrected chi connectivity index (χ3v) is 5.47. The molecule has 31 heavy (non-hydrogen) atoms. The van der Waals surface area contributed by atoms with E-state index in [1.165, 1.54) is 53.4 Å². The van der Waals surface area contributed by atoms with Gasteiger partial charge in [-0.1, -0.05) is 18.2 Å². The highest BCUT2D eigenvalue weighted by Gasteiger charge is 2.47. The maximum Gasteiger partial charge on any atom is 0.508 e. The molecule has 0 radical (unpaired) electrons. The fourth-order valence-corrected chi connectivity index (χ4v) is 3.89. The van der Waals surface area contributed by atoms with Gasteiger partial charge in [-0.05, 0) is 42.5 Å². The average Bonchev–Trinajstić information content (AvgIpc) is 2.76. The number of hydrogen-bond donors (Lipinski definition) is 1. The minimum absolute atomic E-state index is 0.0283. The largest absolute Gasteiger partial charge is 0.710 e. The number of benzene rings is 2. The van der Waals surface area contributed by atoms with Gasteiger partial charge in [0.1, 0.15) is 29.5 Å². The van der Waals surface area contributed by atoms with Gasteiger partial charge in [0.25, 0.3) is 5.82 Å². The smallest absolute Gasteiger partial charge is 0.508 e. The van der Waals surface area contributed by atoms with E-state index in [-0.39, 0.29) is 43.1 Å². The lowest BCUT2D eigenvalue weighted by molar-refractivity contribution is -0.580. The molecule has 0 aliphatic carbocycles. The Kier molecular flexibility index (Phi) is 5.56. The molecular formula is C23H20F2N2O4. The van der Waals surface area contributed by atoms with Crippen LogP contribution in [0, 0.1) is 16.8 Å². The van der Waals surface area contributed by atoms with Gasteiger partial charge in [0.15, 0.2) is 0 Å². The Morgan fingerprint density at radius 3 is 2.48 bits per heavy atom. The summed E-state index contributed by atoms with van der Waals surface area (Å²) >= 11 is 0. The molecule has 4 rings (SSSR count). The normalized spacial score (nSPS) is 18.7. The van der Waals surface area contributed by atoms with Crippen molar-refractivity contribution in [2.24, 2.45) is 0 Å². The zero-order valence-corrected chi connectivity index (χ0v) is 16.5. The highest BCUT2D eigenvalue weighted by molar-refractivity contribution is 5.87. The summed E-state index contributed by atoms with van der Waals surface area (Å²) < 4.78 is 33.9. The third kappa shape index (κ3) is 3.82. The molecule has 3 aromatic rings. The molecule has 6 nitrogen and oxygen atoms in total. The van der Waals surface area contributed by atoms with Gasteiger partial charge in [-0.3, -0.25) is 0 Å². The van der Waals surface area contributed by atoms with Crippen molar-refractivity contribution in [1.82, 2.24) is 0 Å². The molecule has 1 atom stereocenters. The van der Waals surface area contributed by atoms with Crippen LogP contribution in [0.3, 0.4) is 0 Å². The van der Waals surface area contributed by atoms with E-state index in [0.717, 1.165) is 0 Å². The number of ether oxygens (including phenoxy) is 1.